The molecule has 0 aliphatic carbocycles. The van der Waals surface area contributed by atoms with Gasteiger partial charge in [0, 0.05) is 0 Å². The van der Waals surface area contributed by atoms with Crippen LogP contribution in [0.4, 0.5) is 14.5 Å². The van der Waals surface area contributed by atoms with E-state index in [2.05, 4.69) is 10.1 Å². The summed E-state index contributed by atoms with van der Waals surface area (Å²) < 4.78 is 39.6. The number of para-hydroxylation sites is 2. The second kappa shape index (κ2) is 10.2. The number of benzene rings is 2. The predicted octanol–water partition coefficient (Wildman–Crippen LogP) is 3.94. The Hall–Kier alpha value is -3.16. The van der Waals surface area contributed by atoms with Crippen molar-refractivity contribution in [2.24, 2.45) is 0 Å². The first-order chi connectivity index (χ1) is 13.3. The Balaban J connectivity index is 1.80. The number of ether oxygens (including phenoxy) is 3. The SMILES string of the molecule is Cc1ccc(OCCC(=O)O[C@H](C)C(=O)Nc2ccccc2OC(F)F)cc1. The van der Waals surface area contributed by atoms with Gasteiger partial charge in [0.1, 0.15) is 11.5 Å². The van der Waals surface area contributed by atoms with E-state index in [1.54, 1.807) is 18.2 Å². The predicted molar refractivity (Wildman–Crippen MR) is 98.5 cm³/mol. The summed E-state index contributed by atoms with van der Waals surface area (Å²) in [5.41, 5.74) is 1.14. The molecule has 2 aromatic rings. The highest BCUT2D eigenvalue weighted by Crippen LogP contribution is 2.25. The standard InChI is InChI=1S/C20H21F2NO5/c1-13-7-9-15(10-8-13)26-12-11-18(24)27-14(2)19(25)23-16-5-3-4-6-17(16)28-20(21)22/h3-10,14,20H,11-12H2,1-2H3,(H,23,25)/t14-/m1/s1. The Kier molecular flexibility index (Phi) is 7.74. The van der Waals surface area contributed by atoms with Gasteiger partial charge in [-0.1, -0.05) is 29.8 Å². The molecule has 0 saturated carbocycles. The van der Waals surface area contributed by atoms with E-state index < -0.39 is 24.6 Å². The van der Waals surface area contributed by atoms with Crippen LogP contribution in [0.1, 0.15) is 18.9 Å². The number of alkyl halides is 2. The van der Waals surface area contributed by atoms with Crippen LogP contribution in [0.3, 0.4) is 0 Å². The Morgan fingerprint density at radius 1 is 1.07 bits per heavy atom. The average molecular weight is 393 g/mol. The number of nitrogens with one attached hydrogen (secondary N) is 1. The third-order valence-corrected chi connectivity index (χ3v) is 3.63. The van der Waals surface area contributed by atoms with Crippen LogP contribution in [0.2, 0.25) is 0 Å². The first-order valence-electron chi connectivity index (χ1n) is 8.59. The number of aryl methyl sites for hydroxylation is 1. The smallest absolute Gasteiger partial charge is 0.387 e. The van der Waals surface area contributed by atoms with Crippen molar-refractivity contribution >= 4 is 17.6 Å². The van der Waals surface area contributed by atoms with Gasteiger partial charge in [-0.3, -0.25) is 9.59 Å². The minimum absolute atomic E-state index is 0.0451. The molecule has 8 heteroatoms. The van der Waals surface area contributed by atoms with Crippen molar-refractivity contribution in [3.63, 3.8) is 0 Å². The van der Waals surface area contributed by atoms with Crippen molar-refractivity contribution in [3.8, 4) is 11.5 Å². The van der Waals surface area contributed by atoms with Gasteiger partial charge < -0.3 is 19.5 Å². The lowest BCUT2D eigenvalue weighted by atomic mass is 10.2. The molecule has 0 aliphatic rings. The highest BCUT2D eigenvalue weighted by atomic mass is 19.3. The Morgan fingerprint density at radius 2 is 1.75 bits per heavy atom. The number of rotatable bonds is 9. The molecule has 150 valence electrons. The van der Waals surface area contributed by atoms with Gasteiger partial charge in [0.2, 0.25) is 0 Å². The fourth-order valence-corrected chi connectivity index (χ4v) is 2.20. The van der Waals surface area contributed by atoms with Gasteiger partial charge in [0.15, 0.2) is 6.10 Å². The van der Waals surface area contributed by atoms with Gasteiger partial charge >= 0.3 is 12.6 Å². The summed E-state index contributed by atoms with van der Waals surface area (Å²) in [5, 5.41) is 2.40. The maximum absolute atomic E-state index is 12.4. The van der Waals surface area contributed by atoms with Crippen molar-refractivity contribution < 1.29 is 32.6 Å². The number of hydrogen-bond donors (Lipinski definition) is 1. The minimum Gasteiger partial charge on any atom is -0.493 e. The van der Waals surface area contributed by atoms with Crippen LogP contribution in [0.5, 0.6) is 11.5 Å². The Bertz CT molecular complexity index is 795. The highest BCUT2D eigenvalue weighted by Gasteiger charge is 2.20. The molecule has 0 unspecified atom stereocenters. The number of halogens is 2. The molecule has 0 bridgehead atoms. The van der Waals surface area contributed by atoms with Crippen molar-refractivity contribution in [1.82, 2.24) is 0 Å². The molecule has 0 spiro atoms. The lowest BCUT2D eigenvalue weighted by Crippen LogP contribution is -2.30. The van der Waals surface area contributed by atoms with E-state index in [-0.39, 0.29) is 24.5 Å². The van der Waals surface area contributed by atoms with Gasteiger partial charge in [-0.2, -0.15) is 8.78 Å². The van der Waals surface area contributed by atoms with Crippen molar-refractivity contribution in [1.29, 1.82) is 0 Å². The maximum Gasteiger partial charge on any atom is 0.387 e. The van der Waals surface area contributed by atoms with Crippen LogP contribution in [-0.2, 0) is 14.3 Å². The summed E-state index contributed by atoms with van der Waals surface area (Å²) in [7, 11) is 0. The molecule has 28 heavy (non-hydrogen) atoms. The van der Waals surface area contributed by atoms with Crippen LogP contribution in [-0.4, -0.2) is 31.2 Å². The molecule has 1 atom stereocenters. The van der Waals surface area contributed by atoms with Gasteiger partial charge in [-0.15, -0.1) is 0 Å². The van der Waals surface area contributed by atoms with E-state index in [4.69, 9.17) is 9.47 Å². The first kappa shape index (κ1) is 21.1. The van der Waals surface area contributed by atoms with Crippen LogP contribution >= 0.6 is 0 Å². The number of hydrogen-bond acceptors (Lipinski definition) is 5. The topological polar surface area (TPSA) is 73.9 Å². The van der Waals surface area contributed by atoms with Gasteiger partial charge in [-0.25, -0.2) is 0 Å². The van der Waals surface area contributed by atoms with Crippen LogP contribution in [0.15, 0.2) is 48.5 Å². The largest absolute Gasteiger partial charge is 0.493 e. The van der Waals surface area contributed by atoms with E-state index in [1.165, 1.54) is 25.1 Å². The molecular weight excluding hydrogens is 372 g/mol. The molecule has 0 radical (unpaired) electrons. The number of esters is 1. The summed E-state index contributed by atoms with van der Waals surface area (Å²) in [5.74, 6) is -0.847. The summed E-state index contributed by atoms with van der Waals surface area (Å²) >= 11 is 0. The molecule has 0 aromatic heterocycles. The van der Waals surface area contributed by atoms with E-state index in [0.29, 0.717) is 5.75 Å². The zero-order chi connectivity index (χ0) is 20.5. The highest BCUT2D eigenvalue weighted by molar-refractivity contribution is 5.96. The van der Waals surface area contributed by atoms with Crippen LogP contribution in [0, 0.1) is 6.92 Å². The molecule has 2 rings (SSSR count). The van der Waals surface area contributed by atoms with E-state index in [1.807, 2.05) is 19.1 Å². The molecule has 2 aromatic carbocycles. The van der Waals surface area contributed by atoms with E-state index >= 15 is 0 Å². The summed E-state index contributed by atoms with van der Waals surface area (Å²) in [4.78, 5) is 24.0. The normalized spacial score (nSPS) is 11.6. The second-order valence-electron chi connectivity index (χ2n) is 5.91. The average Bonchev–Trinajstić information content (AvgIpc) is 2.64. The van der Waals surface area contributed by atoms with Gasteiger partial charge in [-0.05, 0) is 38.1 Å². The number of carbonyl (C=O) groups is 2. The first-order valence-corrected chi connectivity index (χ1v) is 8.59. The summed E-state index contributed by atoms with van der Waals surface area (Å²) in [6.45, 7) is 0.402. The molecule has 0 aliphatic heterocycles. The lowest BCUT2D eigenvalue weighted by molar-refractivity contribution is -0.153. The van der Waals surface area contributed by atoms with Crippen LogP contribution in [0.25, 0.3) is 0 Å². The molecule has 0 saturated heterocycles. The monoisotopic (exact) mass is 393 g/mol. The van der Waals surface area contributed by atoms with E-state index in [9.17, 15) is 18.4 Å². The number of carbonyl (C=O) groups excluding carboxylic acids is 2. The van der Waals surface area contributed by atoms with Crippen molar-refractivity contribution in [2.45, 2.75) is 33.0 Å². The van der Waals surface area contributed by atoms with Gasteiger partial charge in [0.05, 0.1) is 18.7 Å². The number of anilines is 1. The molecule has 1 N–H and O–H groups in total. The third kappa shape index (κ3) is 6.86. The number of amides is 1. The molecular formula is C20H21F2NO5. The fourth-order valence-electron chi connectivity index (χ4n) is 2.20. The van der Waals surface area contributed by atoms with Gasteiger partial charge in [0.25, 0.3) is 5.91 Å². The summed E-state index contributed by atoms with van der Waals surface area (Å²) in [6.07, 6.45) is -1.16. The minimum atomic E-state index is -3.03. The quantitative estimate of drug-likeness (QED) is 0.654. The van der Waals surface area contributed by atoms with E-state index in [0.717, 1.165) is 5.56 Å². The second-order valence-corrected chi connectivity index (χ2v) is 5.91. The van der Waals surface area contributed by atoms with Crippen molar-refractivity contribution in [2.75, 3.05) is 11.9 Å². The van der Waals surface area contributed by atoms with Crippen LogP contribution < -0.4 is 14.8 Å². The van der Waals surface area contributed by atoms with Crippen molar-refractivity contribution in [3.05, 3.63) is 54.1 Å². The third-order valence-electron chi connectivity index (χ3n) is 3.63. The molecule has 0 fully saturated rings. The lowest BCUT2D eigenvalue weighted by Gasteiger charge is -2.16. The Morgan fingerprint density at radius 3 is 2.43 bits per heavy atom. The zero-order valence-corrected chi connectivity index (χ0v) is 15.5. The molecule has 6 nitrogen and oxygen atoms in total. The maximum atomic E-state index is 12.4. The Labute approximate surface area is 161 Å². The summed E-state index contributed by atoms with van der Waals surface area (Å²) in [6, 6.07) is 13.1. The molecule has 1 amide bonds. The fraction of sp³-hybridized carbons (Fsp3) is 0.300. The zero-order valence-electron chi connectivity index (χ0n) is 15.5. The molecule has 0 heterocycles.